The van der Waals surface area contributed by atoms with E-state index >= 15 is 0 Å². The van der Waals surface area contributed by atoms with Crippen LogP contribution < -0.4 is 4.74 Å². The number of alkyl halides is 3. The number of ether oxygens (including phenoxy) is 1. The molecule has 0 fully saturated rings. The predicted molar refractivity (Wildman–Crippen MR) is 75.0 cm³/mol. The second-order valence-electron chi connectivity index (χ2n) is 4.47. The lowest BCUT2D eigenvalue weighted by Gasteiger charge is -2.13. The Kier molecular flexibility index (Phi) is 3.44. The summed E-state index contributed by atoms with van der Waals surface area (Å²) in [6, 6.07) is 8.20. The highest BCUT2D eigenvalue weighted by atomic mass is 35.5. The number of fused-ring (bicyclic) bond motifs is 1. The molecule has 0 amide bonds. The molecule has 0 aliphatic carbocycles. The van der Waals surface area contributed by atoms with Gasteiger partial charge in [0.2, 0.25) is 5.28 Å². The van der Waals surface area contributed by atoms with E-state index in [4.69, 9.17) is 16.3 Å². The highest BCUT2D eigenvalue weighted by molar-refractivity contribution is 6.28. The molecule has 2 heterocycles. The van der Waals surface area contributed by atoms with Crippen LogP contribution in [-0.2, 0) is 6.18 Å². The Labute approximate surface area is 128 Å². The van der Waals surface area contributed by atoms with E-state index in [2.05, 4.69) is 10.1 Å². The molecule has 0 bridgehead atoms. The summed E-state index contributed by atoms with van der Waals surface area (Å²) in [5, 5.41) is 4.00. The smallest absolute Gasteiger partial charge is 0.416 e. The Balaban J connectivity index is 2.29. The maximum absolute atomic E-state index is 12.9. The van der Waals surface area contributed by atoms with Crippen LogP contribution in [0.4, 0.5) is 13.2 Å². The van der Waals surface area contributed by atoms with Crippen LogP contribution in [0.1, 0.15) is 5.56 Å². The van der Waals surface area contributed by atoms with Gasteiger partial charge in [-0.1, -0.05) is 6.07 Å². The average molecular weight is 328 g/mol. The summed E-state index contributed by atoms with van der Waals surface area (Å²) in [6.45, 7) is 0. The first-order valence-corrected chi connectivity index (χ1v) is 6.55. The summed E-state index contributed by atoms with van der Waals surface area (Å²) < 4.78 is 45.4. The minimum atomic E-state index is -4.45. The molecule has 8 heteroatoms. The maximum Gasteiger partial charge on any atom is 0.416 e. The molecule has 0 saturated carbocycles. The van der Waals surface area contributed by atoms with E-state index < -0.39 is 11.7 Å². The number of nitrogens with zero attached hydrogens (tertiary/aromatic N) is 3. The molecule has 0 spiro atoms. The van der Waals surface area contributed by atoms with E-state index in [1.165, 1.54) is 17.7 Å². The van der Waals surface area contributed by atoms with Crippen molar-refractivity contribution in [3.8, 4) is 17.0 Å². The molecule has 0 radical (unpaired) electrons. The standard InChI is InChI=1S/C14H9ClF3N3O/c1-22-11-6-5-8(14(16,17)18)7-9(11)10-3-2-4-12-19-13(15)20-21(10)12/h2-7H,1H3. The summed E-state index contributed by atoms with van der Waals surface area (Å²) in [5.74, 6) is 0.298. The predicted octanol–water partition coefficient (Wildman–Crippen LogP) is 4.08. The van der Waals surface area contributed by atoms with E-state index in [0.717, 1.165) is 12.1 Å². The van der Waals surface area contributed by atoms with Crippen molar-refractivity contribution in [3.05, 3.63) is 47.2 Å². The molecule has 4 nitrogen and oxygen atoms in total. The van der Waals surface area contributed by atoms with Crippen molar-refractivity contribution >= 4 is 17.2 Å². The van der Waals surface area contributed by atoms with Crippen molar-refractivity contribution in [1.82, 2.24) is 14.6 Å². The van der Waals surface area contributed by atoms with E-state index in [-0.39, 0.29) is 10.8 Å². The molecule has 0 N–H and O–H groups in total. The van der Waals surface area contributed by atoms with Crippen LogP contribution in [-0.4, -0.2) is 21.7 Å². The minimum absolute atomic E-state index is 0.0124. The average Bonchev–Trinajstić information content (AvgIpc) is 2.85. The Bertz CT molecular complexity index is 845. The Morgan fingerprint density at radius 2 is 1.95 bits per heavy atom. The first-order chi connectivity index (χ1) is 10.4. The molecule has 114 valence electrons. The number of benzene rings is 1. The first-order valence-electron chi connectivity index (χ1n) is 6.17. The van der Waals surface area contributed by atoms with Crippen LogP contribution >= 0.6 is 11.6 Å². The third-order valence-electron chi connectivity index (χ3n) is 3.14. The number of pyridine rings is 1. The van der Waals surface area contributed by atoms with Crippen molar-refractivity contribution in [3.63, 3.8) is 0 Å². The van der Waals surface area contributed by atoms with Gasteiger partial charge in [-0.2, -0.15) is 18.2 Å². The SMILES string of the molecule is COc1ccc(C(F)(F)F)cc1-c1cccc2nc(Cl)nn12. The Morgan fingerprint density at radius 1 is 1.18 bits per heavy atom. The Hall–Kier alpha value is -2.28. The molecular weight excluding hydrogens is 319 g/mol. The topological polar surface area (TPSA) is 39.4 Å². The zero-order valence-corrected chi connectivity index (χ0v) is 12.0. The van der Waals surface area contributed by atoms with E-state index in [0.29, 0.717) is 17.1 Å². The minimum Gasteiger partial charge on any atom is -0.496 e. The molecule has 1 aromatic carbocycles. The quantitative estimate of drug-likeness (QED) is 0.712. The van der Waals surface area contributed by atoms with Crippen molar-refractivity contribution in [2.24, 2.45) is 0 Å². The van der Waals surface area contributed by atoms with E-state index in [1.807, 2.05) is 0 Å². The summed E-state index contributed by atoms with van der Waals surface area (Å²) in [4.78, 5) is 3.98. The van der Waals surface area contributed by atoms with Gasteiger partial charge in [0, 0.05) is 5.56 Å². The highest BCUT2D eigenvalue weighted by Crippen LogP contribution is 2.37. The lowest BCUT2D eigenvalue weighted by Crippen LogP contribution is -2.06. The Morgan fingerprint density at radius 3 is 2.64 bits per heavy atom. The molecule has 0 unspecified atom stereocenters. The molecule has 22 heavy (non-hydrogen) atoms. The second-order valence-corrected chi connectivity index (χ2v) is 4.81. The molecule has 3 rings (SSSR count). The lowest BCUT2D eigenvalue weighted by molar-refractivity contribution is -0.137. The molecule has 0 aliphatic heterocycles. The van der Waals surface area contributed by atoms with E-state index in [1.54, 1.807) is 18.2 Å². The molecular formula is C14H9ClF3N3O. The molecule has 0 aliphatic rings. The van der Waals surface area contributed by atoms with Gasteiger partial charge >= 0.3 is 6.18 Å². The van der Waals surface area contributed by atoms with Crippen LogP contribution in [0.25, 0.3) is 16.9 Å². The molecule has 3 aromatic rings. The first kappa shape index (κ1) is 14.6. The van der Waals surface area contributed by atoms with Crippen LogP contribution in [0.5, 0.6) is 5.75 Å². The molecule has 2 aromatic heterocycles. The van der Waals surface area contributed by atoms with Gasteiger partial charge in [0.15, 0.2) is 5.65 Å². The van der Waals surface area contributed by atoms with E-state index in [9.17, 15) is 13.2 Å². The van der Waals surface area contributed by atoms with Gasteiger partial charge in [-0.25, -0.2) is 4.52 Å². The fraction of sp³-hybridized carbons (Fsp3) is 0.143. The second kappa shape index (κ2) is 5.17. The number of rotatable bonds is 2. The number of hydrogen-bond donors (Lipinski definition) is 0. The summed E-state index contributed by atoms with van der Waals surface area (Å²) >= 11 is 5.77. The van der Waals surface area contributed by atoms with Crippen LogP contribution in [0, 0.1) is 0 Å². The third kappa shape index (κ3) is 2.48. The maximum atomic E-state index is 12.9. The molecule has 0 saturated heterocycles. The summed E-state index contributed by atoms with van der Waals surface area (Å²) in [5.41, 5.74) is 0.317. The van der Waals surface area contributed by atoms with Gasteiger partial charge < -0.3 is 4.74 Å². The largest absolute Gasteiger partial charge is 0.496 e. The third-order valence-corrected chi connectivity index (χ3v) is 3.30. The van der Waals surface area contributed by atoms with Crippen molar-refractivity contribution in [2.75, 3.05) is 7.11 Å². The van der Waals surface area contributed by atoms with Gasteiger partial charge in [-0.05, 0) is 41.9 Å². The van der Waals surface area contributed by atoms with Crippen molar-refractivity contribution in [2.45, 2.75) is 6.18 Å². The van der Waals surface area contributed by atoms with Gasteiger partial charge in [-0.15, -0.1) is 5.10 Å². The lowest BCUT2D eigenvalue weighted by atomic mass is 10.1. The van der Waals surface area contributed by atoms with Crippen LogP contribution in [0.3, 0.4) is 0 Å². The zero-order valence-electron chi connectivity index (χ0n) is 11.2. The fourth-order valence-corrected chi connectivity index (χ4v) is 2.33. The van der Waals surface area contributed by atoms with Gasteiger partial charge in [0.05, 0.1) is 18.4 Å². The number of aromatic nitrogens is 3. The van der Waals surface area contributed by atoms with Crippen molar-refractivity contribution in [1.29, 1.82) is 0 Å². The van der Waals surface area contributed by atoms with Gasteiger partial charge in [0.25, 0.3) is 0 Å². The monoisotopic (exact) mass is 327 g/mol. The van der Waals surface area contributed by atoms with Crippen LogP contribution in [0.15, 0.2) is 36.4 Å². The van der Waals surface area contributed by atoms with Gasteiger partial charge in [-0.3, -0.25) is 0 Å². The van der Waals surface area contributed by atoms with Gasteiger partial charge in [0.1, 0.15) is 5.75 Å². The number of halogens is 4. The number of hydrogen-bond acceptors (Lipinski definition) is 3. The van der Waals surface area contributed by atoms with Crippen LogP contribution in [0.2, 0.25) is 5.28 Å². The van der Waals surface area contributed by atoms with Crippen molar-refractivity contribution < 1.29 is 17.9 Å². The summed E-state index contributed by atoms with van der Waals surface area (Å²) in [6.07, 6.45) is -4.45. The number of methoxy groups -OCH3 is 1. The normalized spacial score (nSPS) is 11.9. The molecule has 0 atom stereocenters. The fourth-order valence-electron chi connectivity index (χ4n) is 2.17. The zero-order chi connectivity index (χ0) is 15.9. The summed E-state index contributed by atoms with van der Waals surface area (Å²) in [7, 11) is 1.39. The highest BCUT2D eigenvalue weighted by Gasteiger charge is 2.31.